The molecule has 2 fully saturated rings. The number of likely N-dealkylation sites (tertiary alicyclic amines) is 1. The third-order valence-electron chi connectivity index (χ3n) is 4.46. The second kappa shape index (κ2) is 9.33. The molecule has 0 saturated carbocycles. The molecule has 2 rings (SSSR count). The van der Waals surface area contributed by atoms with Crippen LogP contribution in [0.3, 0.4) is 0 Å². The summed E-state index contributed by atoms with van der Waals surface area (Å²) in [5.74, 6) is 0.825. The number of carbonyl (C=O) groups excluding carboxylic acids is 2. The van der Waals surface area contributed by atoms with Crippen molar-refractivity contribution in [3.8, 4) is 0 Å². The van der Waals surface area contributed by atoms with Crippen molar-refractivity contribution < 1.29 is 14.3 Å². The van der Waals surface area contributed by atoms with E-state index in [-0.39, 0.29) is 36.7 Å². The van der Waals surface area contributed by atoms with Gasteiger partial charge in [0, 0.05) is 39.8 Å². The number of halogens is 1. The van der Waals surface area contributed by atoms with E-state index in [1.54, 1.807) is 12.0 Å². The van der Waals surface area contributed by atoms with E-state index < -0.39 is 0 Å². The van der Waals surface area contributed by atoms with Crippen LogP contribution in [-0.4, -0.2) is 74.1 Å². The van der Waals surface area contributed by atoms with E-state index in [2.05, 4.69) is 12.2 Å². The Hall–Kier alpha value is -0.850. The number of methoxy groups -OCH3 is 1. The van der Waals surface area contributed by atoms with Crippen LogP contribution >= 0.6 is 12.4 Å². The van der Waals surface area contributed by atoms with Crippen LogP contribution in [0.15, 0.2) is 0 Å². The second-order valence-electron chi connectivity index (χ2n) is 6.09. The highest BCUT2D eigenvalue weighted by atomic mass is 35.5. The summed E-state index contributed by atoms with van der Waals surface area (Å²) in [6, 6.07) is -0.373. The first kappa shape index (κ1) is 19.2. The van der Waals surface area contributed by atoms with Gasteiger partial charge in [-0.25, -0.2) is 0 Å². The zero-order valence-corrected chi connectivity index (χ0v) is 14.4. The molecular weight excluding hydrogens is 306 g/mol. The molecule has 22 heavy (non-hydrogen) atoms. The van der Waals surface area contributed by atoms with Crippen LogP contribution in [-0.2, 0) is 14.3 Å². The van der Waals surface area contributed by atoms with Crippen molar-refractivity contribution in [1.82, 2.24) is 15.1 Å². The fourth-order valence-electron chi connectivity index (χ4n) is 2.94. The van der Waals surface area contributed by atoms with Gasteiger partial charge in [-0.15, -0.1) is 12.4 Å². The number of ether oxygens (including phenoxy) is 1. The lowest BCUT2D eigenvalue weighted by Gasteiger charge is -2.35. The third kappa shape index (κ3) is 5.11. The van der Waals surface area contributed by atoms with Crippen LogP contribution in [0.5, 0.6) is 0 Å². The topological polar surface area (TPSA) is 61.9 Å². The Kier molecular flexibility index (Phi) is 8.14. The van der Waals surface area contributed by atoms with E-state index in [1.807, 2.05) is 4.90 Å². The van der Waals surface area contributed by atoms with Gasteiger partial charge in [-0.1, -0.05) is 6.92 Å². The number of rotatable bonds is 5. The van der Waals surface area contributed by atoms with Crippen molar-refractivity contribution >= 4 is 24.2 Å². The minimum absolute atomic E-state index is 0. The Morgan fingerprint density at radius 2 is 2.00 bits per heavy atom. The summed E-state index contributed by atoms with van der Waals surface area (Å²) >= 11 is 0. The van der Waals surface area contributed by atoms with E-state index in [0.29, 0.717) is 25.6 Å². The second-order valence-corrected chi connectivity index (χ2v) is 6.09. The Bertz CT molecular complexity index is 373. The molecule has 1 atom stereocenters. The van der Waals surface area contributed by atoms with Gasteiger partial charge in [0.15, 0.2) is 0 Å². The van der Waals surface area contributed by atoms with E-state index >= 15 is 0 Å². The Balaban J connectivity index is 0.00000242. The standard InChI is InChI=1S/C15H27N3O3.ClH/c1-12-3-6-17(7-4-12)14(19)11-13-15(20)18(8-5-16-13)9-10-21-2;/h12-13,16H,3-11H2,1-2H3;1H. The molecule has 2 aliphatic rings. The molecule has 0 spiro atoms. The molecule has 2 amide bonds. The molecule has 2 heterocycles. The van der Waals surface area contributed by atoms with Gasteiger partial charge in [0.25, 0.3) is 0 Å². The van der Waals surface area contributed by atoms with Crippen molar-refractivity contribution in [3.63, 3.8) is 0 Å². The number of carbonyl (C=O) groups is 2. The van der Waals surface area contributed by atoms with Gasteiger partial charge in [0.05, 0.1) is 19.1 Å². The smallest absolute Gasteiger partial charge is 0.240 e. The number of piperazine rings is 1. The Morgan fingerprint density at radius 3 is 2.64 bits per heavy atom. The first-order valence-electron chi connectivity index (χ1n) is 7.90. The summed E-state index contributed by atoms with van der Waals surface area (Å²) < 4.78 is 5.02. The molecule has 6 nitrogen and oxygen atoms in total. The molecule has 0 aromatic rings. The molecule has 128 valence electrons. The summed E-state index contributed by atoms with van der Waals surface area (Å²) in [6.45, 7) is 6.45. The SMILES string of the molecule is COCCN1CCNC(CC(=O)N2CCC(C)CC2)C1=O.Cl. The Labute approximate surface area is 138 Å². The maximum atomic E-state index is 12.3. The molecule has 2 aliphatic heterocycles. The number of piperidine rings is 1. The quantitative estimate of drug-likeness (QED) is 0.796. The van der Waals surface area contributed by atoms with Gasteiger partial charge < -0.3 is 19.9 Å². The van der Waals surface area contributed by atoms with Crippen molar-refractivity contribution in [2.24, 2.45) is 5.92 Å². The van der Waals surface area contributed by atoms with Crippen LogP contribution < -0.4 is 5.32 Å². The highest BCUT2D eigenvalue weighted by Gasteiger charge is 2.31. The number of amides is 2. The molecular formula is C15H28ClN3O3. The summed E-state index contributed by atoms with van der Waals surface area (Å²) in [4.78, 5) is 28.4. The molecule has 0 aromatic heterocycles. The summed E-state index contributed by atoms with van der Waals surface area (Å²) in [5, 5.41) is 3.17. The predicted octanol–water partition coefficient (Wildman–Crippen LogP) is 0.504. The minimum Gasteiger partial charge on any atom is -0.383 e. The number of nitrogens with zero attached hydrogens (tertiary/aromatic N) is 2. The fourth-order valence-corrected chi connectivity index (χ4v) is 2.94. The molecule has 0 aromatic carbocycles. The molecule has 0 radical (unpaired) electrons. The summed E-state index contributed by atoms with van der Waals surface area (Å²) in [6.07, 6.45) is 2.41. The lowest BCUT2D eigenvalue weighted by molar-refractivity contribution is -0.142. The van der Waals surface area contributed by atoms with Crippen molar-refractivity contribution in [2.75, 3.05) is 46.4 Å². The first-order chi connectivity index (χ1) is 10.1. The lowest BCUT2D eigenvalue weighted by Crippen LogP contribution is -2.57. The van der Waals surface area contributed by atoms with Crippen LogP contribution in [0.4, 0.5) is 0 Å². The van der Waals surface area contributed by atoms with Crippen LogP contribution in [0, 0.1) is 5.92 Å². The lowest BCUT2D eigenvalue weighted by atomic mass is 9.98. The fraction of sp³-hybridized carbons (Fsp3) is 0.867. The largest absolute Gasteiger partial charge is 0.383 e. The molecule has 0 aliphatic carbocycles. The summed E-state index contributed by atoms with van der Waals surface area (Å²) in [5.41, 5.74) is 0. The van der Waals surface area contributed by atoms with Gasteiger partial charge in [0.1, 0.15) is 0 Å². The van der Waals surface area contributed by atoms with E-state index in [0.717, 1.165) is 32.5 Å². The predicted molar refractivity (Wildman–Crippen MR) is 87.1 cm³/mol. The highest BCUT2D eigenvalue weighted by molar-refractivity contribution is 5.89. The maximum Gasteiger partial charge on any atom is 0.240 e. The number of nitrogens with one attached hydrogen (secondary N) is 1. The molecule has 1 N–H and O–H groups in total. The van der Waals surface area contributed by atoms with E-state index in [4.69, 9.17) is 4.74 Å². The normalized spacial score (nSPS) is 23.4. The first-order valence-corrected chi connectivity index (χ1v) is 7.90. The number of hydrogen-bond acceptors (Lipinski definition) is 4. The monoisotopic (exact) mass is 333 g/mol. The maximum absolute atomic E-state index is 12.3. The molecule has 2 saturated heterocycles. The Morgan fingerprint density at radius 1 is 1.32 bits per heavy atom. The van der Waals surface area contributed by atoms with Crippen molar-refractivity contribution in [1.29, 1.82) is 0 Å². The average molecular weight is 334 g/mol. The van der Waals surface area contributed by atoms with Gasteiger partial charge in [-0.3, -0.25) is 9.59 Å². The molecule has 7 heteroatoms. The van der Waals surface area contributed by atoms with Crippen LogP contribution in [0.2, 0.25) is 0 Å². The zero-order chi connectivity index (χ0) is 15.2. The highest BCUT2D eigenvalue weighted by Crippen LogP contribution is 2.17. The summed E-state index contributed by atoms with van der Waals surface area (Å²) in [7, 11) is 1.63. The minimum atomic E-state index is -0.373. The molecule has 1 unspecified atom stereocenters. The van der Waals surface area contributed by atoms with Gasteiger partial charge in [-0.05, 0) is 18.8 Å². The van der Waals surface area contributed by atoms with Gasteiger partial charge >= 0.3 is 0 Å². The van der Waals surface area contributed by atoms with Crippen LogP contribution in [0.25, 0.3) is 0 Å². The van der Waals surface area contributed by atoms with E-state index in [1.165, 1.54) is 0 Å². The van der Waals surface area contributed by atoms with E-state index in [9.17, 15) is 9.59 Å². The van der Waals surface area contributed by atoms with Crippen molar-refractivity contribution in [3.05, 3.63) is 0 Å². The average Bonchev–Trinajstić information content (AvgIpc) is 2.49. The molecule has 0 bridgehead atoms. The third-order valence-corrected chi connectivity index (χ3v) is 4.46. The van der Waals surface area contributed by atoms with Crippen LogP contribution in [0.1, 0.15) is 26.2 Å². The van der Waals surface area contributed by atoms with Crippen molar-refractivity contribution in [2.45, 2.75) is 32.2 Å². The number of hydrogen-bond donors (Lipinski definition) is 1. The van der Waals surface area contributed by atoms with Gasteiger partial charge in [-0.2, -0.15) is 0 Å². The zero-order valence-electron chi connectivity index (χ0n) is 13.5. The van der Waals surface area contributed by atoms with Gasteiger partial charge in [0.2, 0.25) is 11.8 Å².